The molecule has 0 bridgehead atoms. The number of Topliss-reactive ketones (excluding diaryl/α,β-unsaturated/α-hetero) is 1. The third kappa shape index (κ3) is 2.29. The van der Waals surface area contributed by atoms with Crippen LogP contribution >= 0.6 is 0 Å². The van der Waals surface area contributed by atoms with E-state index in [0.29, 0.717) is 17.6 Å². The number of hydrogen-bond donors (Lipinski definition) is 1. The minimum Gasteiger partial charge on any atom is -0.393 e. The summed E-state index contributed by atoms with van der Waals surface area (Å²) in [5, 5.41) is 10.6. The van der Waals surface area contributed by atoms with E-state index in [9.17, 15) is 9.90 Å². The van der Waals surface area contributed by atoms with Gasteiger partial charge in [-0.05, 0) is 73.5 Å². The van der Waals surface area contributed by atoms with E-state index >= 15 is 0 Å². The number of ketones is 1. The van der Waals surface area contributed by atoms with Crippen molar-refractivity contribution in [1.82, 2.24) is 0 Å². The van der Waals surface area contributed by atoms with Crippen molar-refractivity contribution in [2.75, 3.05) is 0 Å². The SMILES string of the molecule is C=CC=CC12CC[C@H]3[C@@H]4CC[C@H](O)[C@@]4(C)CC[C@@H]3[C@@]1(C)CCC(=O)C2. The monoisotopic (exact) mass is 342 g/mol. The molecule has 1 N–H and O–H groups in total. The quantitative estimate of drug-likeness (QED) is 0.711. The predicted molar refractivity (Wildman–Crippen MR) is 101 cm³/mol. The molecule has 0 aromatic carbocycles. The van der Waals surface area contributed by atoms with Crippen LogP contribution in [0.1, 0.15) is 71.6 Å². The Hall–Kier alpha value is -0.890. The summed E-state index contributed by atoms with van der Waals surface area (Å²) in [6.45, 7) is 8.69. The highest BCUT2D eigenvalue weighted by molar-refractivity contribution is 5.80. The molecule has 1 unspecified atom stereocenters. The Morgan fingerprint density at radius 2 is 1.88 bits per heavy atom. The molecule has 25 heavy (non-hydrogen) atoms. The Balaban J connectivity index is 1.72. The Labute approximate surface area is 152 Å². The van der Waals surface area contributed by atoms with Gasteiger partial charge in [-0.2, -0.15) is 0 Å². The van der Waals surface area contributed by atoms with Crippen LogP contribution in [0.2, 0.25) is 0 Å². The zero-order valence-electron chi connectivity index (χ0n) is 16.0. The van der Waals surface area contributed by atoms with Crippen molar-refractivity contribution >= 4 is 5.78 Å². The van der Waals surface area contributed by atoms with Crippen LogP contribution in [-0.2, 0) is 4.79 Å². The van der Waals surface area contributed by atoms with E-state index in [1.165, 1.54) is 19.3 Å². The van der Waals surface area contributed by atoms with Crippen LogP contribution in [0.5, 0.6) is 0 Å². The zero-order chi connectivity index (χ0) is 17.9. The van der Waals surface area contributed by atoms with Gasteiger partial charge in [0.1, 0.15) is 5.78 Å². The van der Waals surface area contributed by atoms with Gasteiger partial charge in [0.2, 0.25) is 0 Å². The molecule has 2 heteroatoms. The van der Waals surface area contributed by atoms with Crippen LogP contribution in [0, 0.1) is 34.0 Å². The first kappa shape index (κ1) is 17.5. The maximum Gasteiger partial charge on any atom is 0.133 e. The van der Waals surface area contributed by atoms with Crippen LogP contribution in [-0.4, -0.2) is 17.0 Å². The van der Waals surface area contributed by atoms with Crippen molar-refractivity contribution in [1.29, 1.82) is 0 Å². The summed E-state index contributed by atoms with van der Waals surface area (Å²) in [7, 11) is 0. The molecule has 7 atom stereocenters. The second kappa shape index (κ2) is 5.81. The highest BCUT2D eigenvalue weighted by atomic mass is 16.3. The summed E-state index contributed by atoms with van der Waals surface area (Å²) < 4.78 is 0. The second-order valence-corrected chi connectivity index (χ2v) is 9.94. The Morgan fingerprint density at radius 3 is 2.64 bits per heavy atom. The van der Waals surface area contributed by atoms with E-state index in [2.05, 4.69) is 32.6 Å². The zero-order valence-corrected chi connectivity index (χ0v) is 16.0. The fourth-order valence-electron chi connectivity index (χ4n) is 7.68. The van der Waals surface area contributed by atoms with E-state index < -0.39 is 0 Å². The van der Waals surface area contributed by atoms with Crippen LogP contribution in [0.25, 0.3) is 0 Å². The molecule has 0 aliphatic heterocycles. The van der Waals surface area contributed by atoms with Crippen molar-refractivity contribution < 1.29 is 9.90 Å². The topological polar surface area (TPSA) is 37.3 Å². The summed E-state index contributed by atoms with van der Waals surface area (Å²) in [6.07, 6.45) is 15.6. The Kier molecular flexibility index (Phi) is 4.07. The van der Waals surface area contributed by atoms with Crippen molar-refractivity contribution in [2.45, 2.75) is 77.7 Å². The first-order valence-electron chi connectivity index (χ1n) is 10.4. The summed E-state index contributed by atoms with van der Waals surface area (Å²) in [5.41, 5.74) is 0.389. The standard InChI is InChI=1S/C23H34O2/c1-4-5-11-23-14-9-17-18-6-7-20(25)21(18,2)12-10-19(17)22(23,3)13-8-16(24)15-23/h4-5,11,17-20,25H,1,6-10,12-15H2,2-3H3/t17-,18-,19-,20-,21-,22+,23?/m0/s1. The molecule has 0 heterocycles. The minimum absolute atomic E-state index is 0.0304. The van der Waals surface area contributed by atoms with Crippen LogP contribution in [0.15, 0.2) is 24.8 Å². The largest absolute Gasteiger partial charge is 0.393 e. The maximum absolute atomic E-state index is 12.4. The molecule has 0 aromatic rings. The number of allylic oxidation sites excluding steroid dienone is 3. The lowest BCUT2D eigenvalue weighted by Crippen LogP contribution is -2.58. The minimum atomic E-state index is -0.105. The van der Waals surface area contributed by atoms with Crippen molar-refractivity contribution in [3.05, 3.63) is 24.8 Å². The van der Waals surface area contributed by atoms with Gasteiger partial charge in [-0.25, -0.2) is 0 Å². The van der Waals surface area contributed by atoms with Crippen LogP contribution in [0.3, 0.4) is 0 Å². The second-order valence-electron chi connectivity index (χ2n) is 9.94. The van der Waals surface area contributed by atoms with Gasteiger partial charge in [0, 0.05) is 18.3 Å². The smallest absolute Gasteiger partial charge is 0.133 e. The molecule has 0 amide bonds. The molecule has 4 fully saturated rings. The van der Waals surface area contributed by atoms with E-state index in [-0.39, 0.29) is 22.3 Å². The van der Waals surface area contributed by atoms with Gasteiger partial charge >= 0.3 is 0 Å². The summed E-state index contributed by atoms with van der Waals surface area (Å²) in [6, 6.07) is 0. The van der Waals surface area contributed by atoms with Crippen LogP contribution in [0.4, 0.5) is 0 Å². The summed E-state index contributed by atoms with van der Waals surface area (Å²) in [5.74, 6) is 2.56. The average molecular weight is 343 g/mol. The van der Waals surface area contributed by atoms with Gasteiger partial charge in [0.15, 0.2) is 0 Å². The highest BCUT2D eigenvalue weighted by Gasteiger charge is 2.63. The lowest BCUT2D eigenvalue weighted by Gasteiger charge is -2.64. The van der Waals surface area contributed by atoms with E-state index in [0.717, 1.165) is 44.4 Å². The summed E-state index contributed by atoms with van der Waals surface area (Å²) in [4.78, 5) is 12.4. The molecular weight excluding hydrogens is 308 g/mol. The normalized spacial score (nSPS) is 52.5. The van der Waals surface area contributed by atoms with Gasteiger partial charge in [-0.3, -0.25) is 4.79 Å². The van der Waals surface area contributed by atoms with Crippen molar-refractivity contribution in [3.63, 3.8) is 0 Å². The van der Waals surface area contributed by atoms with E-state index in [1.54, 1.807) is 0 Å². The molecule has 2 nitrogen and oxygen atoms in total. The Morgan fingerprint density at radius 1 is 1.08 bits per heavy atom. The fraction of sp³-hybridized carbons (Fsp3) is 0.783. The number of aliphatic hydroxyl groups excluding tert-OH is 1. The first-order chi connectivity index (χ1) is 11.9. The fourth-order valence-corrected chi connectivity index (χ4v) is 7.68. The highest BCUT2D eigenvalue weighted by Crippen LogP contribution is 2.69. The molecule has 0 saturated heterocycles. The number of fused-ring (bicyclic) bond motifs is 5. The Bertz CT molecular complexity index is 607. The molecule has 0 aromatic heterocycles. The van der Waals surface area contributed by atoms with Gasteiger partial charge in [-0.1, -0.05) is 38.7 Å². The molecule has 4 aliphatic carbocycles. The summed E-state index contributed by atoms with van der Waals surface area (Å²) >= 11 is 0. The first-order valence-corrected chi connectivity index (χ1v) is 10.4. The molecule has 4 saturated carbocycles. The predicted octanol–water partition coefficient (Wildman–Crippen LogP) is 5.07. The number of carbonyl (C=O) groups excluding carboxylic acids is 1. The molecule has 4 aliphatic rings. The third-order valence-corrected chi connectivity index (χ3v) is 9.25. The van der Waals surface area contributed by atoms with Crippen LogP contribution < -0.4 is 0 Å². The van der Waals surface area contributed by atoms with Crippen molar-refractivity contribution in [2.24, 2.45) is 34.0 Å². The lowest BCUT2D eigenvalue weighted by atomic mass is 9.40. The molecule has 4 rings (SSSR count). The molecule has 138 valence electrons. The third-order valence-electron chi connectivity index (χ3n) is 9.25. The van der Waals surface area contributed by atoms with Crippen molar-refractivity contribution in [3.8, 4) is 0 Å². The molecule has 0 radical (unpaired) electrons. The molecule has 0 spiro atoms. The molecular formula is C23H34O2. The van der Waals surface area contributed by atoms with E-state index in [4.69, 9.17) is 0 Å². The number of hydrogen-bond acceptors (Lipinski definition) is 2. The number of carbonyl (C=O) groups is 1. The number of aliphatic hydroxyl groups is 1. The van der Waals surface area contributed by atoms with Gasteiger partial charge in [0.25, 0.3) is 0 Å². The maximum atomic E-state index is 12.4. The average Bonchev–Trinajstić information content (AvgIpc) is 2.89. The van der Waals surface area contributed by atoms with Gasteiger partial charge in [-0.15, -0.1) is 0 Å². The lowest BCUT2D eigenvalue weighted by molar-refractivity contribution is -0.158. The van der Waals surface area contributed by atoms with E-state index in [1.807, 2.05) is 6.08 Å². The number of rotatable bonds is 2. The van der Waals surface area contributed by atoms with Gasteiger partial charge in [0.05, 0.1) is 6.10 Å². The van der Waals surface area contributed by atoms with Gasteiger partial charge < -0.3 is 5.11 Å².